The number of benzene rings is 1. The summed E-state index contributed by atoms with van der Waals surface area (Å²) in [5.41, 5.74) is 7.51. The number of rotatable bonds is 5. The summed E-state index contributed by atoms with van der Waals surface area (Å²) in [7, 11) is 1.58. The molecule has 4 N–H and O–H groups in total. The van der Waals surface area contributed by atoms with Gasteiger partial charge in [-0.15, -0.1) is 0 Å². The average Bonchev–Trinajstić information content (AvgIpc) is 2.29. The number of aliphatic hydroxyl groups excluding tert-OH is 1. The highest BCUT2D eigenvalue weighted by molar-refractivity contribution is 6.32. The summed E-state index contributed by atoms with van der Waals surface area (Å²) in [5.74, 6) is 0.649. The molecule has 0 amide bonds. The van der Waals surface area contributed by atoms with Gasteiger partial charge in [-0.25, -0.2) is 0 Å². The third kappa shape index (κ3) is 3.27. The van der Waals surface area contributed by atoms with Gasteiger partial charge >= 0.3 is 0 Å². The summed E-state index contributed by atoms with van der Waals surface area (Å²) in [6.07, 6.45) is 0. The molecule has 0 heterocycles. The summed E-state index contributed by atoms with van der Waals surface area (Å²) >= 11 is 6.01. The first-order chi connectivity index (χ1) is 7.58. The molecule has 0 aliphatic carbocycles. The van der Waals surface area contributed by atoms with Gasteiger partial charge in [0.05, 0.1) is 18.7 Å². The van der Waals surface area contributed by atoms with Gasteiger partial charge in [0.1, 0.15) is 5.75 Å². The summed E-state index contributed by atoms with van der Waals surface area (Å²) in [5, 5.41) is 12.5. The Morgan fingerprint density at radius 1 is 1.56 bits per heavy atom. The lowest BCUT2D eigenvalue weighted by Gasteiger charge is -2.14. The van der Waals surface area contributed by atoms with E-state index >= 15 is 0 Å². The Morgan fingerprint density at radius 2 is 2.25 bits per heavy atom. The van der Waals surface area contributed by atoms with Crippen molar-refractivity contribution in [3.05, 3.63) is 22.7 Å². The van der Waals surface area contributed by atoms with E-state index in [0.717, 1.165) is 11.3 Å². The number of nitrogens with one attached hydrogen (secondary N) is 1. The van der Waals surface area contributed by atoms with Crippen molar-refractivity contribution in [2.24, 2.45) is 5.73 Å². The number of hydrogen-bond donors (Lipinski definition) is 3. The maximum atomic E-state index is 8.81. The van der Waals surface area contributed by atoms with E-state index in [-0.39, 0.29) is 12.6 Å². The monoisotopic (exact) mass is 244 g/mol. The Labute approximate surface area is 100 Å². The van der Waals surface area contributed by atoms with Crippen LogP contribution in [0.15, 0.2) is 12.1 Å². The predicted molar refractivity (Wildman–Crippen MR) is 66.3 cm³/mol. The van der Waals surface area contributed by atoms with E-state index in [4.69, 9.17) is 27.2 Å². The molecule has 1 aromatic carbocycles. The molecule has 0 spiro atoms. The first kappa shape index (κ1) is 13.1. The van der Waals surface area contributed by atoms with Crippen LogP contribution in [-0.4, -0.2) is 31.4 Å². The Hall–Kier alpha value is -0.970. The van der Waals surface area contributed by atoms with E-state index in [1.54, 1.807) is 13.2 Å². The minimum atomic E-state index is -0.278. The van der Waals surface area contributed by atoms with Gasteiger partial charge in [-0.1, -0.05) is 11.6 Å². The minimum absolute atomic E-state index is 0.0457. The fourth-order valence-corrected chi connectivity index (χ4v) is 1.55. The molecule has 90 valence electrons. The number of halogens is 1. The van der Waals surface area contributed by atoms with Crippen molar-refractivity contribution >= 4 is 17.3 Å². The van der Waals surface area contributed by atoms with Gasteiger partial charge in [-0.3, -0.25) is 0 Å². The zero-order chi connectivity index (χ0) is 12.1. The zero-order valence-corrected chi connectivity index (χ0v) is 10.2. The van der Waals surface area contributed by atoms with Crippen molar-refractivity contribution in [3.8, 4) is 5.75 Å². The van der Waals surface area contributed by atoms with Crippen molar-refractivity contribution < 1.29 is 9.84 Å². The lowest BCUT2D eigenvalue weighted by Crippen LogP contribution is -2.32. The van der Waals surface area contributed by atoms with Crippen molar-refractivity contribution in [2.45, 2.75) is 13.0 Å². The van der Waals surface area contributed by atoms with Crippen LogP contribution in [0.2, 0.25) is 5.02 Å². The molecule has 0 bridgehead atoms. The molecule has 0 radical (unpaired) electrons. The molecule has 0 fully saturated rings. The first-order valence-electron chi connectivity index (χ1n) is 5.03. The van der Waals surface area contributed by atoms with Gasteiger partial charge in [-0.05, 0) is 24.6 Å². The molecule has 1 rings (SSSR count). The summed E-state index contributed by atoms with van der Waals surface area (Å²) in [6.45, 7) is 2.40. The molecular weight excluding hydrogens is 228 g/mol. The van der Waals surface area contributed by atoms with Gasteiger partial charge in [0.2, 0.25) is 0 Å². The van der Waals surface area contributed by atoms with E-state index in [2.05, 4.69) is 5.32 Å². The summed E-state index contributed by atoms with van der Waals surface area (Å²) in [4.78, 5) is 0. The van der Waals surface area contributed by atoms with Crippen LogP contribution in [0.25, 0.3) is 0 Å². The second-order valence-corrected chi connectivity index (χ2v) is 4.03. The number of aryl methyl sites for hydroxylation is 1. The van der Waals surface area contributed by atoms with Crippen LogP contribution in [0.3, 0.4) is 0 Å². The lowest BCUT2D eigenvalue weighted by atomic mass is 10.2. The standard InChI is InChI=1S/C11H17ClN2O2/c1-7-3-11(16-2)9(12)4-10(7)14-5-8(13)6-15/h3-4,8,14-15H,5-6,13H2,1-2H3. The van der Waals surface area contributed by atoms with Gasteiger partial charge in [-0.2, -0.15) is 0 Å². The number of nitrogens with two attached hydrogens (primary N) is 1. The highest BCUT2D eigenvalue weighted by atomic mass is 35.5. The smallest absolute Gasteiger partial charge is 0.137 e. The van der Waals surface area contributed by atoms with Gasteiger partial charge < -0.3 is 20.9 Å². The van der Waals surface area contributed by atoms with Crippen LogP contribution < -0.4 is 15.8 Å². The molecule has 1 unspecified atom stereocenters. The molecule has 4 nitrogen and oxygen atoms in total. The van der Waals surface area contributed by atoms with E-state index in [1.807, 2.05) is 13.0 Å². The quantitative estimate of drug-likeness (QED) is 0.732. The Morgan fingerprint density at radius 3 is 2.81 bits per heavy atom. The molecule has 0 saturated carbocycles. The van der Waals surface area contributed by atoms with Crippen LogP contribution in [0.5, 0.6) is 5.75 Å². The number of methoxy groups -OCH3 is 1. The largest absolute Gasteiger partial charge is 0.495 e. The SMILES string of the molecule is COc1cc(C)c(NCC(N)CO)cc1Cl. The van der Waals surface area contributed by atoms with E-state index in [1.165, 1.54) is 0 Å². The average molecular weight is 245 g/mol. The highest BCUT2D eigenvalue weighted by Crippen LogP contribution is 2.30. The van der Waals surface area contributed by atoms with E-state index in [9.17, 15) is 0 Å². The molecule has 0 saturated heterocycles. The predicted octanol–water partition coefficient (Wildman–Crippen LogP) is 1.39. The topological polar surface area (TPSA) is 67.5 Å². The van der Waals surface area contributed by atoms with Crippen LogP contribution in [0, 0.1) is 6.92 Å². The third-order valence-corrected chi connectivity index (χ3v) is 2.58. The van der Waals surface area contributed by atoms with Crippen molar-refractivity contribution in [3.63, 3.8) is 0 Å². The van der Waals surface area contributed by atoms with E-state index in [0.29, 0.717) is 17.3 Å². The fraction of sp³-hybridized carbons (Fsp3) is 0.455. The van der Waals surface area contributed by atoms with Gasteiger partial charge in [0.15, 0.2) is 0 Å². The maximum Gasteiger partial charge on any atom is 0.137 e. The Bertz CT molecular complexity index is 358. The number of aliphatic hydroxyl groups is 1. The van der Waals surface area contributed by atoms with Gasteiger partial charge in [0.25, 0.3) is 0 Å². The van der Waals surface area contributed by atoms with E-state index < -0.39 is 0 Å². The molecular formula is C11H17ClN2O2. The Balaban J connectivity index is 2.77. The number of ether oxygens (including phenoxy) is 1. The van der Waals surface area contributed by atoms with Crippen molar-refractivity contribution in [2.75, 3.05) is 25.6 Å². The lowest BCUT2D eigenvalue weighted by molar-refractivity contribution is 0.270. The highest BCUT2D eigenvalue weighted by Gasteiger charge is 2.07. The van der Waals surface area contributed by atoms with Crippen molar-refractivity contribution in [1.82, 2.24) is 0 Å². The number of anilines is 1. The molecule has 0 aliphatic rings. The molecule has 1 aromatic rings. The molecule has 0 aromatic heterocycles. The second kappa shape index (κ2) is 5.94. The summed E-state index contributed by atoms with van der Waals surface area (Å²) in [6, 6.07) is 3.37. The molecule has 16 heavy (non-hydrogen) atoms. The Kier molecular flexibility index (Phi) is 4.86. The minimum Gasteiger partial charge on any atom is -0.495 e. The fourth-order valence-electron chi connectivity index (χ4n) is 1.31. The normalized spacial score (nSPS) is 12.3. The maximum absolute atomic E-state index is 8.81. The number of hydrogen-bond acceptors (Lipinski definition) is 4. The van der Waals surface area contributed by atoms with Crippen molar-refractivity contribution in [1.29, 1.82) is 0 Å². The van der Waals surface area contributed by atoms with Gasteiger partial charge in [0, 0.05) is 18.3 Å². The zero-order valence-electron chi connectivity index (χ0n) is 9.46. The second-order valence-electron chi connectivity index (χ2n) is 3.63. The third-order valence-electron chi connectivity index (χ3n) is 2.29. The summed E-state index contributed by atoms with van der Waals surface area (Å²) < 4.78 is 5.10. The van der Waals surface area contributed by atoms with Crippen LogP contribution >= 0.6 is 11.6 Å². The molecule has 5 heteroatoms. The van der Waals surface area contributed by atoms with Crippen LogP contribution in [0.1, 0.15) is 5.56 Å². The molecule has 1 atom stereocenters. The van der Waals surface area contributed by atoms with Crippen LogP contribution in [-0.2, 0) is 0 Å². The molecule has 0 aliphatic heterocycles. The van der Waals surface area contributed by atoms with Crippen LogP contribution in [0.4, 0.5) is 5.69 Å². The first-order valence-corrected chi connectivity index (χ1v) is 5.40.